The first-order valence-corrected chi connectivity index (χ1v) is 11.0. The summed E-state index contributed by atoms with van der Waals surface area (Å²) in [6.45, 7) is 4.25. The second-order valence-corrected chi connectivity index (χ2v) is 9.56. The Hall–Kier alpha value is -2.09. The van der Waals surface area contributed by atoms with E-state index >= 15 is 0 Å². The van der Waals surface area contributed by atoms with Crippen molar-refractivity contribution < 1.29 is 17.9 Å². The molecule has 2 aliphatic heterocycles. The maximum absolute atomic E-state index is 13.2. The van der Waals surface area contributed by atoms with Crippen LogP contribution >= 0.6 is 11.6 Å². The zero-order valence-electron chi connectivity index (χ0n) is 15.7. The molecule has 1 amide bonds. The SMILES string of the molecule is Cc1ccc2c(c1)NC(=O)c1cc(S(=O)(=O)N3CCCC[C@H]3C)c(Cl)cc1O2. The van der Waals surface area contributed by atoms with Gasteiger partial charge in [-0.15, -0.1) is 0 Å². The Bertz CT molecular complexity index is 1070. The molecule has 1 saturated heterocycles. The van der Waals surface area contributed by atoms with Crippen molar-refractivity contribution in [3.8, 4) is 11.5 Å². The van der Waals surface area contributed by atoms with E-state index in [-0.39, 0.29) is 27.3 Å². The van der Waals surface area contributed by atoms with Crippen LogP contribution in [-0.2, 0) is 10.0 Å². The molecule has 0 aromatic heterocycles. The summed E-state index contributed by atoms with van der Waals surface area (Å²) in [7, 11) is -3.82. The number of rotatable bonds is 2. The van der Waals surface area contributed by atoms with E-state index < -0.39 is 15.9 Å². The number of nitrogens with zero attached hydrogens (tertiary/aromatic N) is 1. The lowest BCUT2D eigenvalue weighted by molar-refractivity contribution is 0.102. The Labute approximate surface area is 169 Å². The molecule has 1 fully saturated rings. The highest BCUT2D eigenvalue weighted by Gasteiger charge is 2.34. The molecule has 0 unspecified atom stereocenters. The molecule has 28 heavy (non-hydrogen) atoms. The van der Waals surface area contributed by atoms with E-state index in [9.17, 15) is 13.2 Å². The van der Waals surface area contributed by atoms with Crippen molar-refractivity contribution in [2.75, 3.05) is 11.9 Å². The number of halogens is 1. The second kappa shape index (κ2) is 7.06. The summed E-state index contributed by atoms with van der Waals surface area (Å²) in [5, 5.41) is 2.83. The van der Waals surface area contributed by atoms with Crippen LogP contribution in [0.25, 0.3) is 0 Å². The Balaban J connectivity index is 1.79. The van der Waals surface area contributed by atoms with Gasteiger partial charge in [-0.2, -0.15) is 4.31 Å². The van der Waals surface area contributed by atoms with E-state index in [2.05, 4.69) is 5.32 Å². The molecule has 2 heterocycles. The first-order valence-electron chi connectivity index (χ1n) is 9.22. The van der Waals surface area contributed by atoms with Crippen LogP contribution in [-0.4, -0.2) is 31.2 Å². The number of anilines is 1. The summed E-state index contributed by atoms with van der Waals surface area (Å²) < 4.78 is 33.8. The Morgan fingerprint density at radius 1 is 1.18 bits per heavy atom. The Kier molecular flexibility index (Phi) is 4.85. The molecule has 0 spiro atoms. The minimum atomic E-state index is -3.82. The molecule has 2 aromatic rings. The summed E-state index contributed by atoms with van der Waals surface area (Å²) >= 11 is 6.35. The van der Waals surface area contributed by atoms with Gasteiger partial charge < -0.3 is 10.1 Å². The van der Waals surface area contributed by atoms with E-state index in [1.165, 1.54) is 16.4 Å². The van der Waals surface area contributed by atoms with Crippen LogP contribution in [0.3, 0.4) is 0 Å². The molecule has 8 heteroatoms. The fraction of sp³-hybridized carbons (Fsp3) is 0.350. The highest BCUT2D eigenvalue weighted by Crippen LogP contribution is 2.40. The number of hydrogen-bond donors (Lipinski definition) is 1. The number of hydrogen-bond acceptors (Lipinski definition) is 4. The van der Waals surface area contributed by atoms with Crippen LogP contribution in [0.2, 0.25) is 5.02 Å². The maximum Gasteiger partial charge on any atom is 0.259 e. The summed E-state index contributed by atoms with van der Waals surface area (Å²) in [4.78, 5) is 12.7. The van der Waals surface area contributed by atoms with E-state index in [1.807, 2.05) is 19.9 Å². The van der Waals surface area contributed by atoms with Crippen LogP contribution in [0.5, 0.6) is 11.5 Å². The topological polar surface area (TPSA) is 75.7 Å². The first kappa shape index (κ1) is 19.2. The highest BCUT2D eigenvalue weighted by molar-refractivity contribution is 7.89. The third kappa shape index (κ3) is 3.27. The average Bonchev–Trinajstić information content (AvgIpc) is 2.76. The smallest absolute Gasteiger partial charge is 0.259 e. The van der Waals surface area contributed by atoms with Gasteiger partial charge in [0.1, 0.15) is 10.6 Å². The lowest BCUT2D eigenvalue weighted by Gasteiger charge is -2.32. The molecule has 4 rings (SSSR count). The van der Waals surface area contributed by atoms with Crippen molar-refractivity contribution in [3.05, 3.63) is 46.5 Å². The number of sulfonamides is 1. The molecule has 0 aliphatic carbocycles. The molecular weight excluding hydrogens is 400 g/mol. The van der Waals surface area contributed by atoms with Gasteiger partial charge >= 0.3 is 0 Å². The van der Waals surface area contributed by atoms with Crippen molar-refractivity contribution in [2.45, 2.75) is 44.0 Å². The summed E-state index contributed by atoms with van der Waals surface area (Å²) in [6.07, 6.45) is 2.61. The van der Waals surface area contributed by atoms with Gasteiger partial charge in [-0.3, -0.25) is 4.79 Å². The van der Waals surface area contributed by atoms with Gasteiger partial charge in [-0.05, 0) is 50.5 Å². The first-order chi connectivity index (χ1) is 13.3. The number of ether oxygens (including phenoxy) is 1. The van der Waals surface area contributed by atoms with Crippen LogP contribution in [0.15, 0.2) is 35.2 Å². The van der Waals surface area contributed by atoms with E-state index in [0.29, 0.717) is 18.0 Å². The van der Waals surface area contributed by atoms with Crippen molar-refractivity contribution >= 4 is 33.2 Å². The summed E-state index contributed by atoms with van der Waals surface area (Å²) in [5.74, 6) is 0.281. The molecule has 0 bridgehead atoms. The normalized spacial score (nSPS) is 19.8. The molecular formula is C20H21ClN2O4S. The number of piperidine rings is 1. The number of carbonyl (C=O) groups excluding carboxylic acids is 1. The predicted molar refractivity (Wildman–Crippen MR) is 108 cm³/mol. The predicted octanol–water partition coefficient (Wildman–Crippen LogP) is 4.57. The molecule has 2 aromatic carbocycles. The fourth-order valence-electron chi connectivity index (χ4n) is 3.69. The van der Waals surface area contributed by atoms with Crippen LogP contribution in [0.1, 0.15) is 42.1 Å². The van der Waals surface area contributed by atoms with Crippen LogP contribution < -0.4 is 10.1 Å². The number of fused-ring (bicyclic) bond motifs is 2. The van der Waals surface area contributed by atoms with Crippen LogP contribution in [0.4, 0.5) is 5.69 Å². The van der Waals surface area contributed by atoms with Crippen molar-refractivity contribution in [2.24, 2.45) is 0 Å². The zero-order valence-corrected chi connectivity index (χ0v) is 17.2. The fourth-order valence-corrected chi connectivity index (χ4v) is 5.91. The minimum Gasteiger partial charge on any atom is -0.454 e. The lowest BCUT2D eigenvalue weighted by Crippen LogP contribution is -2.42. The average molecular weight is 421 g/mol. The standard InChI is InChI=1S/C20H21ClN2O4S/c1-12-6-7-17-16(9-12)22-20(24)14-10-19(15(21)11-18(14)27-17)28(25,26)23-8-4-3-5-13(23)2/h6-7,9-11,13H,3-5,8H2,1-2H3,(H,22,24)/t13-/m1/s1. The molecule has 0 saturated carbocycles. The van der Waals surface area contributed by atoms with Gasteiger partial charge in [-0.25, -0.2) is 8.42 Å². The quantitative estimate of drug-likeness (QED) is 0.772. The zero-order chi connectivity index (χ0) is 20.1. The minimum absolute atomic E-state index is 0.0416. The third-order valence-electron chi connectivity index (χ3n) is 5.21. The number of amides is 1. The van der Waals surface area contributed by atoms with E-state index in [0.717, 1.165) is 24.8 Å². The third-order valence-corrected chi connectivity index (χ3v) is 7.69. The van der Waals surface area contributed by atoms with Crippen molar-refractivity contribution in [1.29, 1.82) is 0 Å². The molecule has 2 aliphatic rings. The number of aryl methyl sites for hydroxylation is 1. The molecule has 148 valence electrons. The molecule has 1 atom stereocenters. The largest absolute Gasteiger partial charge is 0.454 e. The molecule has 1 N–H and O–H groups in total. The number of nitrogens with one attached hydrogen (secondary N) is 1. The summed E-state index contributed by atoms with van der Waals surface area (Å²) in [5.41, 5.74) is 1.64. The second-order valence-electron chi connectivity index (χ2n) is 7.30. The van der Waals surface area contributed by atoms with Gasteiger partial charge in [0.05, 0.1) is 16.3 Å². The maximum atomic E-state index is 13.2. The molecule has 0 radical (unpaired) electrons. The Morgan fingerprint density at radius 2 is 1.96 bits per heavy atom. The van der Waals surface area contributed by atoms with Gasteiger partial charge in [0.2, 0.25) is 10.0 Å². The van der Waals surface area contributed by atoms with E-state index in [1.54, 1.807) is 12.1 Å². The van der Waals surface area contributed by atoms with Gasteiger partial charge in [0.25, 0.3) is 5.91 Å². The van der Waals surface area contributed by atoms with Gasteiger partial charge in [0.15, 0.2) is 5.75 Å². The highest BCUT2D eigenvalue weighted by atomic mass is 35.5. The lowest BCUT2D eigenvalue weighted by atomic mass is 10.1. The molecule has 6 nitrogen and oxygen atoms in total. The van der Waals surface area contributed by atoms with Crippen molar-refractivity contribution in [3.63, 3.8) is 0 Å². The van der Waals surface area contributed by atoms with E-state index in [4.69, 9.17) is 16.3 Å². The number of benzene rings is 2. The van der Waals surface area contributed by atoms with Gasteiger partial charge in [0, 0.05) is 18.7 Å². The monoisotopic (exact) mass is 420 g/mol. The Morgan fingerprint density at radius 3 is 2.71 bits per heavy atom. The summed E-state index contributed by atoms with van der Waals surface area (Å²) in [6, 6.07) is 8.05. The van der Waals surface area contributed by atoms with Crippen molar-refractivity contribution in [1.82, 2.24) is 4.31 Å². The number of carbonyl (C=O) groups is 1. The van der Waals surface area contributed by atoms with Crippen LogP contribution in [0, 0.1) is 6.92 Å². The van der Waals surface area contributed by atoms with Gasteiger partial charge in [-0.1, -0.05) is 24.1 Å².